The van der Waals surface area contributed by atoms with Crippen LogP contribution in [0.1, 0.15) is 159 Å². The van der Waals surface area contributed by atoms with E-state index in [0.717, 1.165) is 55.8 Å². The van der Waals surface area contributed by atoms with Gasteiger partial charge in [-0.25, -0.2) is 0 Å². The molecule has 0 aromatic carbocycles. The Kier molecular flexibility index (Phi) is 11.7. The molecule has 10 atom stereocenters. The predicted molar refractivity (Wildman–Crippen MR) is 182 cm³/mol. The van der Waals surface area contributed by atoms with Crippen molar-refractivity contribution in [3.05, 3.63) is 0 Å². The minimum absolute atomic E-state index is 0.0680. The quantitative estimate of drug-likeness (QED) is 0.136. The second-order valence-corrected chi connectivity index (χ2v) is 18.3. The molecule has 4 aliphatic carbocycles. The second kappa shape index (κ2) is 14.5. The Morgan fingerprint density at radius 2 is 1.37 bits per heavy atom. The van der Waals surface area contributed by atoms with Crippen molar-refractivity contribution in [3.63, 3.8) is 0 Å². The zero-order valence-corrected chi connectivity index (χ0v) is 30.8. The highest BCUT2D eigenvalue weighted by Gasteiger charge is 2.60. The van der Waals surface area contributed by atoms with E-state index in [1.807, 2.05) is 41.5 Å². The molecule has 0 spiro atoms. The van der Waals surface area contributed by atoms with Crippen LogP contribution in [0.4, 0.5) is 0 Å². The smallest absolute Gasteiger partial charge is 0.323 e. The van der Waals surface area contributed by atoms with E-state index in [-0.39, 0.29) is 36.9 Å². The predicted octanol–water partition coefficient (Wildman–Crippen LogP) is 8.54. The summed E-state index contributed by atoms with van der Waals surface area (Å²) in [6.45, 7) is 19.0. The minimum Gasteiger partial charge on any atom is -0.461 e. The summed E-state index contributed by atoms with van der Waals surface area (Å²) in [5.41, 5.74) is 5.95. The van der Waals surface area contributed by atoms with Crippen LogP contribution in [-0.2, 0) is 28.6 Å². The van der Waals surface area contributed by atoms with Crippen LogP contribution in [0.2, 0.25) is 0 Å². The van der Waals surface area contributed by atoms with Gasteiger partial charge in [0.15, 0.2) is 0 Å². The van der Waals surface area contributed by atoms with Crippen LogP contribution in [-0.4, -0.2) is 41.3 Å². The summed E-state index contributed by atoms with van der Waals surface area (Å²) >= 11 is 0. The van der Waals surface area contributed by atoms with Crippen molar-refractivity contribution in [2.75, 3.05) is 0 Å². The van der Waals surface area contributed by atoms with E-state index in [0.29, 0.717) is 29.1 Å². The summed E-state index contributed by atoms with van der Waals surface area (Å²) in [6, 6.07) is -0.796. The molecule has 4 aliphatic rings. The Labute approximate surface area is 280 Å². The summed E-state index contributed by atoms with van der Waals surface area (Å²) in [6.07, 6.45) is 14.9. The van der Waals surface area contributed by atoms with Gasteiger partial charge in [0.05, 0.1) is 0 Å². The van der Waals surface area contributed by atoms with Gasteiger partial charge in [-0.1, -0.05) is 33.6 Å². The van der Waals surface area contributed by atoms with Crippen LogP contribution >= 0.6 is 0 Å². The maximum absolute atomic E-state index is 12.9. The third kappa shape index (κ3) is 8.88. The Morgan fingerprint density at radius 1 is 0.761 bits per heavy atom. The van der Waals surface area contributed by atoms with E-state index in [1.165, 1.54) is 44.9 Å². The fourth-order valence-corrected chi connectivity index (χ4v) is 10.7. The number of carbonyl (C=O) groups is 3. The first-order chi connectivity index (χ1) is 21.3. The largest absolute Gasteiger partial charge is 0.461 e. The highest BCUT2D eigenvalue weighted by molar-refractivity contribution is 5.77. The van der Waals surface area contributed by atoms with Gasteiger partial charge in [-0.3, -0.25) is 14.4 Å². The van der Waals surface area contributed by atoms with Gasteiger partial charge in [-0.15, -0.1) is 0 Å². The number of nitrogens with two attached hydrogens (primary N) is 1. The maximum atomic E-state index is 12.9. The van der Waals surface area contributed by atoms with E-state index in [9.17, 15) is 14.4 Å². The zero-order valence-electron chi connectivity index (χ0n) is 30.8. The molecule has 4 fully saturated rings. The van der Waals surface area contributed by atoms with Crippen molar-refractivity contribution >= 4 is 17.9 Å². The first-order valence-corrected chi connectivity index (χ1v) is 18.7. The fraction of sp³-hybridized carbons (Fsp3) is 0.923. The lowest BCUT2D eigenvalue weighted by atomic mass is 9.44. The molecule has 4 saturated carbocycles. The summed E-state index contributed by atoms with van der Waals surface area (Å²) < 4.78 is 16.8. The Hall–Kier alpha value is -1.63. The van der Waals surface area contributed by atoms with Gasteiger partial charge in [0.25, 0.3) is 0 Å². The van der Waals surface area contributed by atoms with Crippen molar-refractivity contribution in [3.8, 4) is 0 Å². The SMILES string of the molecule is C[C@H](CCCCC(=O)OC(C)(C)C)C1CCC2C3CCC4C[C@H](OC(=O)[C@H](N)CCC(=O)OC(C)(C)C)CC[C@]4(C)C3CC[C@@]21C. The summed E-state index contributed by atoms with van der Waals surface area (Å²) in [5.74, 6) is 3.67. The number of ether oxygens (including phenoxy) is 3. The molecule has 4 rings (SSSR count). The topological polar surface area (TPSA) is 105 Å². The molecule has 0 heterocycles. The van der Waals surface area contributed by atoms with Crippen molar-refractivity contribution in [1.29, 1.82) is 0 Å². The molecule has 7 nitrogen and oxygen atoms in total. The van der Waals surface area contributed by atoms with Crippen LogP contribution in [0.25, 0.3) is 0 Å². The van der Waals surface area contributed by atoms with E-state index < -0.39 is 17.2 Å². The van der Waals surface area contributed by atoms with Gasteiger partial charge in [0, 0.05) is 12.8 Å². The number of hydrogen-bond acceptors (Lipinski definition) is 7. The van der Waals surface area contributed by atoms with Gasteiger partial charge in [0.1, 0.15) is 23.3 Å². The third-order valence-electron chi connectivity index (χ3n) is 12.8. The van der Waals surface area contributed by atoms with Gasteiger partial charge in [-0.2, -0.15) is 0 Å². The van der Waals surface area contributed by atoms with Crippen LogP contribution in [0.5, 0.6) is 0 Å². The monoisotopic (exact) mass is 645 g/mol. The van der Waals surface area contributed by atoms with Crippen molar-refractivity contribution in [2.24, 2.45) is 52.1 Å². The van der Waals surface area contributed by atoms with Gasteiger partial charge in [-0.05, 0) is 159 Å². The second-order valence-electron chi connectivity index (χ2n) is 18.3. The standard InChI is InChI=1S/C39H67NO6/c1-25(12-10-11-13-33(41)45-36(2,3)4)29-16-17-30-28-15-14-26-24-27(20-22-38(26,8)31(28)21-23-39(29,30)9)44-35(43)32(40)18-19-34(42)46-37(5,6)7/h25-32H,10-24,40H2,1-9H3/t25-,26?,27-,28?,29?,30?,31?,32-,38+,39-/m1/s1. The number of esters is 3. The maximum Gasteiger partial charge on any atom is 0.323 e. The Bertz CT molecular complexity index is 1080. The first-order valence-electron chi connectivity index (χ1n) is 18.7. The molecule has 0 aromatic heterocycles. The number of carbonyl (C=O) groups excluding carboxylic acids is 3. The summed E-state index contributed by atoms with van der Waals surface area (Å²) in [4.78, 5) is 37.1. The molecule has 0 aromatic rings. The number of hydrogen-bond donors (Lipinski definition) is 1. The van der Waals surface area contributed by atoms with Gasteiger partial charge < -0.3 is 19.9 Å². The number of fused-ring (bicyclic) bond motifs is 5. The van der Waals surface area contributed by atoms with Crippen molar-refractivity contribution in [2.45, 2.75) is 182 Å². The van der Waals surface area contributed by atoms with Crippen molar-refractivity contribution < 1.29 is 28.6 Å². The van der Waals surface area contributed by atoms with Crippen LogP contribution < -0.4 is 5.73 Å². The minimum atomic E-state index is -0.796. The van der Waals surface area contributed by atoms with Crippen molar-refractivity contribution in [1.82, 2.24) is 0 Å². The average molecular weight is 646 g/mol. The Balaban J connectivity index is 1.26. The fourth-order valence-electron chi connectivity index (χ4n) is 10.7. The van der Waals surface area contributed by atoms with E-state index in [4.69, 9.17) is 19.9 Å². The van der Waals surface area contributed by atoms with Crippen LogP contribution in [0.15, 0.2) is 0 Å². The molecule has 2 N–H and O–H groups in total. The Morgan fingerprint density at radius 3 is 2.02 bits per heavy atom. The zero-order chi connectivity index (χ0) is 34.1. The molecule has 0 amide bonds. The van der Waals surface area contributed by atoms with E-state index in [2.05, 4.69) is 20.8 Å². The first kappa shape index (κ1) is 37.2. The highest BCUT2D eigenvalue weighted by Crippen LogP contribution is 2.68. The molecule has 5 unspecified atom stereocenters. The molecule has 7 heteroatoms. The normalized spacial score (nSPS) is 35.6. The van der Waals surface area contributed by atoms with E-state index >= 15 is 0 Å². The molecule has 264 valence electrons. The number of rotatable bonds is 11. The lowest BCUT2D eigenvalue weighted by Crippen LogP contribution is -2.54. The van der Waals surface area contributed by atoms with Gasteiger partial charge >= 0.3 is 17.9 Å². The van der Waals surface area contributed by atoms with Gasteiger partial charge in [0.2, 0.25) is 0 Å². The third-order valence-corrected chi connectivity index (χ3v) is 12.8. The molecular formula is C39H67NO6. The molecule has 0 aliphatic heterocycles. The van der Waals surface area contributed by atoms with Crippen LogP contribution in [0.3, 0.4) is 0 Å². The average Bonchev–Trinajstić information content (AvgIpc) is 3.29. The molecule has 0 bridgehead atoms. The highest BCUT2D eigenvalue weighted by atomic mass is 16.6. The van der Waals surface area contributed by atoms with E-state index in [1.54, 1.807) is 0 Å². The molecule has 46 heavy (non-hydrogen) atoms. The summed E-state index contributed by atoms with van der Waals surface area (Å²) in [5, 5.41) is 0. The molecular weight excluding hydrogens is 578 g/mol. The molecule has 0 saturated heterocycles. The number of unbranched alkanes of at least 4 members (excludes halogenated alkanes) is 1. The van der Waals surface area contributed by atoms with Crippen LogP contribution in [0, 0.1) is 46.3 Å². The lowest BCUT2D eigenvalue weighted by molar-refractivity contribution is -0.164. The molecule has 0 radical (unpaired) electrons. The summed E-state index contributed by atoms with van der Waals surface area (Å²) in [7, 11) is 0. The lowest BCUT2D eigenvalue weighted by Gasteiger charge is -2.61.